The average Bonchev–Trinajstić information content (AvgIpc) is 2.15. The summed E-state index contributed by atoms with van der Waals surface area (Å²) in [5, 5.41) is 0. The van der Waals surface area contributed by atoms with Gasteiger partial charge in [-0.1, -0.05) is 0 Å². The molecule has 0 atom stereocenters. The average molecular weight is 192 g/mol. The van der Waals surface area contributed by atoms with Crippen molar-refractivity contribution < 1.29 is 0 Å². The maximum absolute atomic E-state index is 5.41. The number of rotatable bonds is 2. The maximum atomic E-state index is 5.41. The summed E-state index contributed by atoms with van der Waals surface area (Å²) in [7, 11) is 0. The quantitative estimate of drug-likeness (QED) is 0.318. The lowest BCUT2D eigenvalue weighted by atomic mass is 10.2. The third-order valence-corrected chi connectivity index (χ3v) is 1.79. The molecule has 0 aromatic carbocycles. The third kappa shape index (κ3) is 2.53. The second-order valence-corrected chi connectivity index (χ2v) is 3.35. The fourth-order valence-electron chi connectivity index (χ4n) is 1.18. The lowest BCUT2D eigenvalue weighted by Gasteiger charge is -2.09. The van der Waals surface area contributed by atoms with Crippen LogP contribution in [0.4, 0.5) is 0 Å². The number of nitrogens with zero attached hydrogens (tertiary/aromatic N) is 2. The molecule has 0 saturated heterocycles. The summed E-state index contributed by atoms with van der Waals surface area (Å²) in [4.78, 5) is 8.55. The zero-order valence-corrected chi connectivity index (χ0v) is 8.78. The minimum Gasteiger partial charge on any atom is -0.308 e. The van der Waals surface area contributed by atoms with E-state index < -0.39 is 0 Å². The Bertz CT molecular complexity index is 331. The van der Waals surface area contributed by atoms with Gasteiger partial charge in [-0.3, -0.25) is 9.98 Å². The number of aliphatic imine (C=N–C) groups is 1. The van der Waals surface area contributed by atoms with E-state index in [-0.39, 0.29) is 6.04 Å². The monoisotopic (exact) mass is 192 g/mol. The molecule has 1 aromatic rings. The van der Waals surface area contributed by atoms with Crippen molar-refractivity contribution in [2.24, 2.45) is 10.8 Å². The molecule has 1 heterocycles. The van der Waals surface area contributed by atoms with E-state index in [1.54, 1.807) is 6.20 Å². The molecule has 0 fully saturated rings. The fraction of sp³-hybridized carbons (Fsp3) is 0.400. The smallest absolute Gasteiger partial charge is 0.144 e. The summed E-state index contributed by atoms with van der Waals surface area (Å²) < 4.78 is 0. The minimum absolute atomic E-state index is 0.209. The first-order chi connectivity index (χ1) is 6.65. The van der Waals surface area contributed by atoms with Crippen molar-refractivity contribution in [1.29, 1.82) is 0 Å². The van der Waals surface area contributed by atoms with Crippen LogP contribution >= 0.6 is 0 Å². The molecule has 0 unspecified atom stereocenters. The molecule has 14 heavy (non-hydrogen) atoms. The van der Waals surface area contributed by atoms with Crippen LogP contribution in [-0.2, 0) is 0 Å². The summed E-state index contributed by atoms with van der Waals surface area (Å²) in [6, 6.07) is 4.03. The van der Waals surface area contributed by atoms with Crippen LogP contribution in [0.1, 0.15) is 25.1 Å². The first kappa shape index (κ1) is 10.7. The maximum Gasteiger partial charge on any atom is 0.144 e. The van der Waals surface area contributed by atoms with Crippen LogP contribution in [0.15, 0.2) is 23.3 Å². The number of amidine groups is 1. The molecule has 0 amide bonds. The highest BCUT2D eigenvalue weighted by Gasteiger charge is 2.05. The molecule has 4 heteroatoms. The van der Waals surface area contributed by atoms with Crippen LogP contribution in [0.5, 0.6) is 0 Å². The highest BCUT2D eigenvalue weighted by molar-refractivity contribution is 5.99. The Hall–Kier alpha value is -1.42. The van der Waals surface area contributed by atoms with Crippen molar-refractivity contribution in [3.05, 3.63) is 29.6 Å². The number of aryl methyl sites for hydroxylation is 1. The summed E-state index contributed by atoms with van der Waals surface area (Å²) in [5.41, 5.74) is 4.47. The standard InChI is InChI=1S/C10H16N4/c1-7(2)13-10(14-11)9-5-4-6-12-8(9)3/h4-7H,11H2,1-3H3,(H,13,14). The first-order valence-corrected chi connectivity index (χ1v) is 4.61. The molecule has 1 rings (SSSR count). The third-order valence-electron chi connectivity index (χ3n) is 1.79. The highest BCUT2D eigenvalue weighted by atomic mass is 15.3. The summed E-state index contributed by atoms with van der Waals surface area (Å²) in [5.74, 6) is 6.10. The van der Waals surface area contributed by atoms with Gasteiger partial charge < -0.3 is 5.43 Å². The van der Waals surface area contributed by atoms with Crippen LogP contribution in [0.25, 0.3) is 0 Å². The van der Waals surface area contributed by atoms with Gasteiger partial charge in [-0.25, -0.2) is 5.84 Å². The molecule has 4 nitrogen and oxygen atoms in total. The Balaban J connectivity index is 3.07. The van der Waals surface area contributed by atoms with E-state index in [4.69, 9.17) is 5.84 Å². The molecule has 0 saturated carbocycles. The Kier molecular flexibility index (Phi) is 3.59. The molecule has 76 valence electrons. The summed E-state index contributed by atoms with van der Waals surface area (Å²) in [6.07, 6.45) is 1.75. The van der Waals surface area contributed by atoms with Crippen molar-refractivity contribution in [3.63, 3.8) is 0 Å². The number of aromatic nitrogens is 1. The topological polar surface area (TPSA) is 63.3 Å². The van der Waals surface area contributed by atoms with Gasteiger partial charge in [-0.2, -0.15) is 0 Å². The van der Waals surface area contributed by atoms with E-state index in [9.17, 15) is 0 Å². The highest BCUT2D eigenvalue weighted by Crippen LogP contribution is 2.04. The number of hydrogen-bond donors (Lipinski definition) is 2. The van der Waals surface area contributed by atoms with Gasteiger partial charge in [0.05, 0.1) is 0 Å². The second kappa shape index (κ2) is 4.72. The van der Waals surface area contributed by atoms with Gasteiger partial charge in [0.15, 0.2) is 0 Å². The summed E-state index contributed by atoms with van der Waals surface area (Å²) >= 11 is 0. The molecular weight excluding hydrogens is 176 g/mol. The van der Waals surface area contributed by atoms with Crippen molar-refractivity contribution >= 4 is 5.84 Å². The van der Waals surface area contributed by atoms with E-state index >= 15 is 0 Å². The SMILES string of the molecule is Cc1ncccc1C(=NC(C)C)NN. The van der Waals surface area contributed by atoms with E-state index in [0.717, 1.165) is 11.3 Å². The van der Waals surface area contributed by atoms with Gasteiger partial charge in [-0.05, 0) is 32.9 Å². The van der Waals surface area contributed by atoms with Gasteiger partial charge >= 0.3 is 0 Å². The van der Waals surface area contributed by atoms with Crippen molar-refractivity contribution in [2.45, 2.75) is 26.8 Å². The predicted octanol–water partition coefficient (Wildman–Crippen LogP) is 1.01. The number of pyridine rings is 1. The zero-order chi connectivity index (χ0) is 10.6. The van der Waals surface area contributed by atoms with E-state index in [1.807, 2.05) is 32.9 Å². The van der Waals surface area contributed by atoms with Gasteiger partial charge in [-0.15, -0.1) is 0 Å². The zero-order valence-electron chi connectivity index (χ0n) is 8.78. The Morgan fingerprint density at radius 1 is 1.57 bits per heavy atom. The number of nitrogens with one attached hydrogen (secondary N) is 1. The van der Waals surface area contributed by atoms with Crippen LogP contribution in [0.3, 0.4) is 0 Å². The molecular formula is C10H16N4. The van der Waals surface area contributed by atoms with E-state index in [1.165, 1.54) is 0 Å². The molecule has 0 radical (unpaired) electrons. The second-order valence-electron chi connectivity index (χ2n) is 3.35. The van der Waals surface area contributed by atoms with E-state index in [2.05, 4.69) is 15.4 Å². The lowest BCUT2D eigenvalue weighted by Crippen LogP contribution is -2.32. The van der Waals surface area contributed by atoms with Gasteiger partial charge in [0.1, 0.15) is 5.84 Å². The van der Waals surface area contributed by atoms with Crippen molar-refractivity contribution in [3.8, 4) is 0 Å². The van der Waals surface area contributed by atoms with Crippen LogP contribution in [0, 0.1) is 6.92 Å². The van der Waals surface area contributed by atoms with Crippen molar-refractivity contribution in [1.82, 2.24) is 10.4 Å². The predicted molar refractivity (Wildman–Crippen MR) is 58.0 cm³/mol. The minimum atomic E-state index is 0.209. The fourth-order valence-corrected chi connectivity index (χ4v) is 1.18. The summed E-state index contributed by atoms with van der Waals surface area (Å²) in [6.45, 7) is 5.94. The van der Waals surface area contributed by atoms with E-state index in [0.29, 0.717) is 5.84 Å². The lowest BCUT2D eigenvalue weighted by molar-refractivity contribution is 0.819. The molecule has 0 bridgehead atoms. The Morgan fingerprint density at radius 3 is 2.79 bits per heavy atom. The number of nitrogens with two attached hydrogens (primary N) is 1. The van der Waals surface area contributed by atoms with Crippen LogP contribution < -0.4 is 11.3 Å². The first-order valence-electron chi connectivity index (χ1n) is 4.61. The number of hydrazine groups is 1. The van der Waals surface area contributed by atoms with Gasteiger partial charge in [0.25, 0.3) is 0 Å². The molecule has 0 aliphatic rings. The van der Waals surface area contributed by atoms with Gasteiger partial charge in [0.2, 0.25) is 0 Å². The van der Waals surface area contributed by atoms with Gasteiger partial charge in [0, 0.05) is 23.5 Å². The Morgan fingerprint density at radius 2 is 2.29 bits per heavy atom. The molecule has 3 N–H and O–H groups in total. The van der Waals surface area contributed by atoms with Crippen LogP contribution in [-0.4, -0.2) is 16.9 Å². The molecule has 0 aliphatic carbocycles. The number of hydrogen-bond acceptors (Lipinski definition) is 3. The largest absolute Gasteiger partial charge is 0.308 e. The Labute approximate surface area is 84.2 Å². The molecule has 0 aliphatic heterocycles. The molecule has 1 aromatic heterocycles. The normalized spacial score (nSPS) is 11.9. The van der Waals surface area contributed by atoms with Crippen molar-refractivity contribution in [2.75, 3.05) is 0 Å². The molecule has 0 spiro atoms. The van der Waals surface area contributed by atoms with Crippen LogP contribution in [0.2, 0.25) is 0 Å².